The maximum Gasteiger partial charge on any atom is 0.509 e. The molecule has 0 saturated carbocycles. The highest BCUT2D eigenvalue weighted by molar-refractivity contribution is 5.71. The molecule has 0 radical (unpaired) electrons. The van der Waals surface area contributed by atoms with Crippen LogP contribution >= 0.6 is 0 Å². The smallest absolute Gasteiger partial charge is 0.497 e. The number of likely N-dealkylation sites (tertiary alicyclic amines) is 1. The van der Waals surface area contributed by atoms with Gasteiger partial charge in [0.2, 0.25) is 0 Å². The molecule has 2 aromatic carbocycles. The van der Waals surface area contributed by atoms with E-state index in [2.05, 4.69) is 10.2 Å². The number of hydrogen-bond acceptors (Lipinski definition) is 12. The molecule has 4 rings (SSSR count). The Labute approximate surface area is 318 Å². The van der Waals surface area contributed by atoms with Gasteiger partial charge in [-0.15, -0.1) is 0 Å². The van der Waals surface area contributed by atoms with Gasteiger partial charge in [-0.05, 0) is 71.2 Å². The molecule has 2 heterocycles. The largest absolute Gasteiger partial charge is 0.509 e. The van der Waals surface area contributed by atoms with E-state index in [0.717, 1.165) is 11.1 Å². The number of ether oxygens (including phenoxy) is 7. The zero-order chi connectivity index (χ0) is 39.3. The third-order valence-corrected chi connectivity index (χ3v) is 8.54. The summed E-state index contributed by atoms with van der Waals surface area (Å²) in [5, 5.41) is 2.70. The molecule has 54 heavy (non-hydrogen) atoms. The fourth-order valence-electron chi connectivity index (χ4n) is 5.93. The van der Waals surface area contributed by atoms with Crippen molar-refractivity contribution in [1.29, 1.82) is 0 Å². The average Bonchev–Trinajstić information content (AvgIpc) is 3.43. The number of hydrogen-bond donors (Lipinski definition) is 1. The Hall–Kier alpha value is -4.76. The number of carbonyl (C=O) groups excluding carboxylic acids is 4. The zero-order valence-corrected chi connectivity index (χ0v) is 32.5. The molecule has 298 valence electrons. The highest BCUT2D eigenvalue weighted by Gasteiger charge is 2.50. The van der Waals surface area contributed by atoms with E-state index in [9.17, 15) is 19.2 Å². The Morgan fingerprint density at radius 1 is 0.778 bits per heavy atom. The molecule has 2 saturated heterocycles. The van der Waals surface area contributed by atoms with Crippen LogP contribution in [0.2, 0.25) is 0 Å². The van der Waals surface area contributed by atoms with Crippen molar-refractivity contribution < 1.29 is 52.3 Å². The number of methoxy groups -OCH3 is 1. The molecular formula is C39H56N4O11. The molecule has 3 amide bonds. The summed E-state index contributed by atoms with van der Waals surface area (Å²) in [5.74, 6) is 0.661. The van der Waals surface area contributed by atoms with Gasteiger partial charge in [0.15, 0.2) is 12.2 Å². The first-order chi connectivity index (χ1) is 25.6. The summed E-state index contributed by atoms with van der Waals surface area (Å²) in [7, 11) is 1.57. The first-order valence-electron chi connectivity index (χ1n) is 18.3. The van der Waals surface area contributed by atoms with Crippen LogP contribution in [0, 0.1) is 0 Å². The molecule has 0 bridgehead atoms. The normalized spacial score (nSPS) is 19.1. The molecule has 0 unspecified atom stereocenters. The monoisotopic (exact) mass is 756 g/mol. The molecule has 15 nitrogen and oxygen atoms in total. The van der Waals surface area contributed by atoms with Crippen LogP contribution in [0.1, 0.15) is 52.7 Å². The first kappa shape index (κ1) is 42.0. The van der Waals surface area contributed by atoms with Gasteiger partial charge >= 0.3 is 24.4 Å². The van der Waals surface area contributed by atoms with Crippen molar-refractivity contribution in [1.82, 2.24) is 20.0 Å². The van der Waals surface area contributed by atoms with E-state index in [1.54, 1.807) is 65.7 Å². The van der Waals surface area contributed by atoms with Gasteiger partial charge in [0, 0.05) is 39.3 Å². The molecule has 15 heteroatoms. The van der Waals surface area contributed by atoms with Crippen LogP contribution in [0.15, 0.2) is 54.6 Å². The van der Waals surface area contributed by atoms with Crippen molar-refractivity contribution >= 4 is 24.4 Å². The quantitative estimate of drug-likeness (QED) is 0.161. The topological polar surface area (TPSA) is 155 Å². The predicted octanol–water partition coefficient (Wildman–Crippen LogP) is 5.24. The number of piperazine rings is 1. The van der Waals surface area contributed by atoms with Gasteiger partial charge in [-0.25, -0.2) is 19.2 Å². The zero-order valence-electron chi connectivity index (χ0n) is 32.5. The van der Waals surface area contributed by atoms with E-state index in [1.807, 2.05) is 42.5 Å². The Balaban J connectivity index is 1.28. The molecule has 0 spiro atoms. The molecule has 0 aliphatic carbocycles. The van der Waals surface area contributed by atoms with Gasteiger partial charge in [-0.3, -0.25) is 9.80 Å². The highest BCUT2D eigenvalue weighted by Crippen LogP contribution is 2.30. The van der Waals surface area contributed by atoms with Crippen LogP contribution in [0.5, 0.6) is 5.75 Å². The summed E-state index contributed by atoms with van der Waals surface area (Å²) in [5.41, 5.74) is 0.143. The molecule has 1 N–H and O–H groups in total. The Kier molecular flexibility index (Phi) is 15.2. The summed E-state index contributed by atoms with van der Waals surface area (Å²) >= 11 is 0. The van der Waals surface area contributed by atoms with E-state index >= 15 is 0 Å². The lowest BCUT2D eigenvalue weighted by molar-refractivity contribution is -0.0519. The lowest BCUT2D eigenvalue weighted by atomic mass is 10.0. The van der Waals surface area contributed by atoms with Gasteiger partial charge in [0.1, 0.15) is 23.6 Å². The standard InChI is InChI=1S/C39H56N4O11/c1-38(2,3)53-36(46)43-26-32(51-37(47)54-39(4,5)6)33(31(43)25-28-13-15-30(48-7)16-14-28)52-34(44)40-17-23-49-24-22-41-18-20-42(21-19-41)35(45)50-27-29-11-9-8-10-12-29/h8-16,31-33H,17-27H2,1-7H3,(H,40,44)/t31-,32+,33+/m1/s1. The summed E-state index contributed by atoms with van der Waals surface area (Å²) < 4.78 is 39.2. The Morgan fingerprint density at radius 2 is 1.44 bits per heavy atom. The van der Waals surface area contributed by atoms with Gasteiger partial charge < -0.3 is 43.4 Å². The van der Waals surface area contributed by atoms with Crippen molar-refractivity contribution in [2.75, 3.05) is 66.1 Å². The molecule has 2 aliphatic heterocycles. The summed E-state index contributed by atoms with van der Waals surface area (Å²) in [6.07, 6.45) is -4.50. The number of benzene rings is 2. The maximum absolute atomic E-state index is 13.5. The lowest BCUT2D eigenvalue weighted by Gasteiger charge is -2.33. The van der Waals surface area contributed by atoms with Crippen molar-refractivity contribution in [3.8, 4) is 5.75 Å². The SMILES string of the molecule is COc1ccc(C[C@@H]2[C@H](OC(=O)NCCOCCN3CCN(C(=O)OCc4ccccc4)CC3)[C@@H](OC(=O)OC(C)(C)C)CN2C(=O)OC(C)(C)C)cc1. The molecular weight excluding hydrogens is 700 g/mol. The maximum atomic E-state index is 13.5. The third-order valence-electron chi connectivity index (χ3n) is 8.54. The fourth-order valence-corrected chi connectivity index (χ4v) is 5.93. The average molecular weight is 757 g/mol. The minimum atomic E-state index is -1.05. The number of rotatable bonds is 13. The van der Waals surface area contributed by atoms with E-state index in [4.69, 9.17) is 33.2 Å². The van der Waals surface area contributed by atoms with Crippen molar-refractivity contribution in [3.63, 3.8) is 0 Å². The second-order valence-corrected chi connectivity index (χ2v) is 15.2. The predicted molar refractivity (Wildman–Crippen MR) is 198 cm³/mol. The molecule has 2 fully saturated rings. The van der Waals surface area contributed by atoms with Gasteiger partial charge in [0.05, 0.1) is 32.9 Å². The van der Waals surface area contributed by atoms with Crippen molar-refractivity contribution in [2.45, 2.75) is 84.0 Å². The number of alkyl carbamates (subject to hydrolysis) is 1. The van der Waals surface area contributed by atoms with Crippen molar-refractivity contribution in [2.24, 2.45) is 0 Å². The van der Waals surface area contributed by atoms with Crippen LogP contribution in [-0.2, 0) is 41.4 Å². The number of amides is 3. The highest BCUT2D eigenvalue weighted by atomic mass is 16.7. The minimum absolute atomic E-state index is 0.0842. The molecule has 2 aromatic rings. The van der Waals surface area contributed by atoms with E-state index in [1.165, 1.54) is 4.90 Å². The number of nitrogens with one attached hydrogen (secondary N) is 1. The van der Waals surface area contributed by atoms with Gasteiger partial charge in [-0.1, -0.05) is 42.5 Å². The number of nitrogens with zero attached hydrogens (tertiary/aromatic N) is 3. The molecule has 3 atom stereocenters. The second kappa shape index (κ2) is 19.5. The first-order valence-corrected chi connectivity index (χ1v) is 18.3. The summed E-state index contributed by atoms with van der Waals surface area (Å²) in [6.45, 7) is 14.5. The van der Waals surface area contributed by atoms with Crippen molar-refractivity contribution in [3.05, 3.63) is 65.7 Å². The van der Waals surface area contributed by atoms with E-state index < -0.39 is 47.8 Å². The fraction of sp³-hybridized carbons (Fsp3) is 0.590. The lowest BCUT2D eigenvalue weighted by Crippen LogP contribution is -2.49. The van der Waals surface area contributed by atoms with E-state index in [0.29, 0.717) is 45.1 Å². The summed E-state index contributed by atoms with van der Waals surface area (Å²) in [6, 6.07) is 16.1. The Morgan fingerprint density at radius 3 is 2.07 bits per heavy atom. The summed E-state index contributed by atoms with van der Waals surface area (Å²) in [4.78, 5) is 57.3. The molecule has 0 aromatic heterocycles. The van der Waals surface area contributed by atoms with E-state index in [-0.39, 0.29) is 38.8 Å². The van der Waals surface area contributed by atoms with Crippen LogP contribution < -0.4 is 10.1 Å². The van der Waals surface area contributed by atoms with Gasteiger partial charge in [0.25, 0.3) is 0 Å². The van der Waals surface area contributed by atoms with Gasteiger partial charge in [-0.2, -0.15) is 0 Å². The van der Waals surface area contributed by atoms with Crippen LogP contribution in [-0.4, -0.2) is 135 Å². The van der Waals surface area contributed by atoms with Crippen LogP contribution in [0.4, 0.5) is 19.2 Å². The second-order valence-electron chi connectivity index (χ2n) is 15.2. The van der Waals surface area contributed by atoms with Crippen LogP contribution in [0.3, 0.4) is 0 Å². The number of carbonyl (C=O) groups is 4. The third kappa shape index (κ3) is 13.9. The Bertz CT molecular complexity index is 1500. The molecule has 2 aliphatic rings. The minimum Gasteiger partial charge on any atom is -0.497 e. The van der Waals surface area contributed by atoms with Crippen LogP contribution in [0.25, 0.3) is 0 Å².